The van der Waals surface area contributed by atoms with Gasteiger partial charge in [0.15, 0.2) is 10.4 Å². The minimum absolute atomic E-state index is 0.123. The Balaban J connectivity index is 1.85. The van der Waals surface area contributed by atoms with E-state index >= 15 is 0 Å². The number of carbonyl (C=O) groups excluding carboxylic acids is 1. The van der Waals surface area contributed by atoms with Gasteiger partial charge in [0.1, 0.15) is 0 Å². The van der Waals surface area contributed by atoms with Crippen molar-refractivity contribution < 1.29 is 4.79 Å². The quantitative estimate of drug-likeness (QED) is 0.708. The number of nitrogens with one attached hydrogen (secondary N) is 2. The fourth-order valence-corrected chi connectivity index (χ4v) is 2.20. The van der Waals surface area contributed by atoms with Crippen LogP contribution in [0.3, 0.4) is 0 Å². The van der Waals surface area contributed by atoms with Crippen LogP contribution in [0.2, 0.25) is 0 Å². The van der Waals surface area contributed by atoms with Crippen LogP contribution in [0.5, 0.6) is 0 Å². The van der Waals surface area contributed by atoms with E-state index in [-0.39, 0.29) is 5.91 Å². The smallest absolute Gasteiger partial charge is 0.251 e. The lowest BCUT2D eigenvalue weighted by molar-refractivity contribution is 0.0963. The molecular weight excluding hydrogens is 336 g/mol. The molecule has 0 bridgehead atoms. The molecule has 1 amide bonds. The van der Waals surface area contributed by atoms with E-state index in [2.05, 4.69) is 41.6 Å². The van der Waals surface area contributed by atoms with Gasteiger partial charge in [0.05, 0.1) is 0 Å². The average molecular weight is 347 g/mol. The number of anilines is 2. The van der Waals surface area contributed by atoms with Crippen molar-refractivity contribution in [3.63, 3.8) is 0 Å². The second kappa shape index (κ2) is 5.49. The number of amides is 1. The van der Waals surface area contributed by atoms with Crippen LogP contribution >= 0.6 is 15.9 Å². The lowest BCUT2D eigenvalue weighted by Crippen LogP contribution is -2.17. The average Bonchev–Trinajstić information content (AvgIpc) is 2.91. The maximum Gasteiger partial charge on any atom is 0.251 e. The molecule has 106 valence electrons. The van der Waals surface area contributed by atoms with Crippen LogP contribution in [0.15, 0.2) is 41.3 Å². The molecule has 0 fully saturated rings. The number of hydrogen-bond donors (Lipinski definition) is 2. The molecule has 0 saturated heterocycles. The normalized spacial score (nSPS) is 10.6. The van der Waals surface area contributed by atoms with E-state index in [9.17, 15) is 4.79 Å². The molecule has 0 unspecified atom stereocenters. The molecule has 0 radical (unpaired) electrons. The van der Waals surface area contributed by atoms with Crippen LogP contribution in [0, 0.1) is 0 Å². The lowest BCUT2D eigenvalue weighted by Gasteiger charge is -2.03. The molecule has 7 nitrogen and oxygen atoms in total. The van der Waals surface area contributed by atoms with Gasteiger partial charge >= 0.3 is 0 Å². The number of halogens is 1. The fraction of sp³-hybridized carbons (Fsp3) is 0.0769. The first-order valence-corrected chi connectivity index (χ1v) is 6.93. The highest BCUT2D eigenvalue weighted by Crippen LogP contribution is 2.16. The third-order valence-electron chi connectivity index (χ3n) is 2.84. The van der Waals surface area contributed by atoms with Crippen LogP contribution in [0.25, 0.3) is 5.65 Å². The van der Waals surface area contributed by atoms with Gasteiger partial charge in [-0.1, -0.05) is 0 Å². The highest BCUT2D eigenvalue weighted by molar-refractivity contribution is 9.10. The number of hydrogen-bond acceptors (Lipinski definition) is 5. The van der Waals surface area contributed by atoms with Crippen LogP contribution in [-0.4, -0.2) is 32.5 Å². The second-order valence-electron chi connectivity index (χ2n) is 4.20. The highest BCUT2D eigenvalue weighted by Gasteiger charge is 2.07. The molecule has 2 aromatic heterocycles. The van der Waals surface area contributed by atoms with Gasteiger partial charge in [-0.05, 0) is 40.2 Å². The summed E-state index contributed by atoms with van der Waals surface area (Å²) in [6.07, 6.45) is 1.65. The maximum atomic E-state index is 11.5. The van der Waals surface area contributed by atoms with Crippen molar-refractivity contribution >= 4 is 39.1 Å². The molecule has 21 heavy (non-hydrogen) atoms. The van der Waals surface area contributed by atoms with Gasteiger partial charge in [0.25, 0.3) is 5.91 Å². The summed E-state index contributed by atoms with van der Waals surface area (Å²) in [5.74, 6) is 0.332. The standard InChI is InChI=1S/C13H11BrN6O/c1-15-11(21)8-2-4-9(5-3-8)17-13-18-10-6-7-16-12(14)20(10)19-13/h2-7H,1H3,(H,15,21)(H,17,19). The maximum absolute atomic E-state index is 11.5. The van der Waals surface area contributed by atoms with Gasteiger partial charge in [0.2, 0.25) is 5.95 Å². The third-order valence-corrected chi connectivity index (χ3v) is 3.38. The molecule has 8 heteroatoms. The summed E-state index contributed by atoms with van der Waals surface area (Å²) in [6.45, 7) is 0. The number of benzene rings is 1. The first-order chi connectivity index (χ1) is 10.2. The van der Waals surface area contributed by atoms with E-state index in [1.54, 1.807) is 48.1 Å². The summed E-state index contributed by atoms with van der Waals surface area (Å²) in [7, 11) is 1.60. The topological polar surface area (TPSA) is 84.2 Å². The number of aromatic nitrogens is 4. The lowest BCUT2D eigenvalue weighted by atomic mass is 10.2. The summed E-state index contributed by atoms with van der Waals surface area (Å²) in [5.41, 5.74) is 2.07. The Morgan fingerprint density at radius 3 is 2.67 bits per heavy atom. The van der Waals surface area contributed by atoms with Crippen LogP contribution < -0.4 is 10.6 Å². The highest BCUT2D eigenvalue weighted by atomic mass is 79.9. The molecule has 0 saturated carbocycles. The first-order valence-electron chi connectivity index (χ1n) is 6.14. The number of fused-ring (bicyclic) bond motifs is 1. The molecular formula is C13H11BrN6O. The van der Waals surface area contributed by atoms with Gasteiger partial charge in [-0.25, -0.2) is 4.98 Å². The van der Waals surface area contributed by atoms with Gasteiger partial charge in [0, 0.05) is 30.6 Å². The van der Waals surface area contributed by atoms with Crippen molar-refractivity contribution in [3.8, 4) is 0 Å². The molecule has 3 aromatic rings. The van der Waals surface area contributed by atoms with Gasteiger partial charge < -0.3 is 10.6 Å². The predicted molar refractivity (Wildman–Crippen MR) is 81.6 cm³/mol. The molecule has 0 aliphatic heterocycles. The van der Waals surface area contributed by atoms with E-state index < -0.39 is 0 Å². The van der Waals surface area contributed by atoms with E-state index in [1.165, 1.54) is 0 Å². The van der Waals surface area contributed by atoms with Crippen molar-refractivity contribution in [3.05, 3.63) is 46.8 Å². The first kappa shape index (κ1) is 13.5. The Morgan fingerprint density at radius 2 is 2.00 bits per heavy atom. The summed E-state index contributed by atoms with van der Waals surface area (Å²) in [6, 6.07) is 8.81. The molecule has 3 rings (SSSR count). The zero-order valence-corrected chi connectivity index (χ0v) is 12.6. The summed E-state index contributed by atoms with van der Waals surface area (Å²) >= 11 is 3.31. The zero-order chi connectivity index (χ0) is 14.8. The summed E-state index contributed by atoms with van der Waals surface area (Å²) in [5, 5.41) is 9.94. The number of rotatable bonds is 3. The van der Waals surface area contributed by atoms with Crippen LogP contribution in [-0.2, 0) is 0 Å². The minimum Gasteiger partial charge on any atom is -0.355 e. The predicted octanol–water partition coefficient (Wildman–Crippen LogP) is 1.99. The van der Waals surface area contributed by atoms with Crippen LogP contribution in [0.1, 0.15) is 10.4 Å². The van der Waals surface area contributed by atoms with Gasteiger partial charge in [-0.2, -0.15) is 9.50 Å². The molecule has 2 N–H and O–H groups in total. The molecule has 0 aliphatic rings. The minimum atomic E-state index is -0.123. The van der Waals surface area contributed by atoms with E-state index in [4.69, 9.17) is 0 Å². The Kier molecular flexibility index (Phi) is 3.53. The molecule has 2 heterocycles. The number of nitrogens with zero attached hydrogens (tertiary/aromatic N) is 4. The molecule has 0 aliphatic carbocycles. The SMILES string of the molecule is CNC(=O)c1ccc(Nc2nc3ccnc(Br)n3n2)cc1. The Bertz CT molecular complexity index is 798. The van der Waals surface area contributed by atoms with E-state index in [0.29, 0.717) is 21.9 Å². The van der Waals surface area contributed by atoms with Gasteiger partial charge in [-0.15, -0.1) is 5.10 Å². The van der Waals surface area contributed by atoms with Crippen molar-refractivity contribution in [1.82, 2.24) is 24.9 Å². The van der Waals surface area contributed by atoms with E-state index in [0.717, 1.165) is 5.69 Å². The van der Waals surface area contributed by atoms with Crippen molar-refractivity contribution in [2.24, 2.45) is 0 Å². The number of carbonyl (C=O) groups is 1. The third kappa shape index (κ3) is 2.70. The largest absolute Gasteiger partial charge is 0.355 e. The van der Waals surface area contributed by atoms with E-state index in [1.807, 2.05) is 0 Å². The molecule has 1 aromatic carbocycles. The summed E-state index contributed by atoms with van der Waals surface area (Å²) in [4.78, 5) is 19.9. The van der Waals surface area contributed by atoms with Crippen molar-refractivity contribution in [2.45, 2.75) is 0 Å². The van der Waals surface area contributed by atoms with Crippen LogP contribution in [0.4, 0.5) is 11.6 Å². The Hall–Kier alpha value is -2.48. The Labute approximate surface area is 128 Å². The fourth-order valence-electron chi connectivity index (χ4n) is 1.82. The second-order valence-corrected chi connectivity index (χ2v) is 4.91. The zero-order valence-electron chi connectivity index (χ0n) is 11.0. The molecule has 0 spiro atoms. The van der Waals surface area contributed by atoms with Crippen molar-refractivity contribution in [1.29, 1.82) is 0 Å². The monoisotopic (exact) mass is 346 g/mol. The van der Waals surface area contributed by atoms with Gasteiger partial charge in [-0.3, -0.25) is 4.79 Å². The summed E-state index contributed by atoms with van der Waals surface area (Å²) < 4.78 is 2.16. The Morgan fingerprint density at radius 1 is 1.24 bits per heavy atom. The molecule has 0 atom stereocenters. The van der Waals surface area contributed by atoms with Crippen molar-refractivity contribution in [2.75, 3.05) is 12.4 Å².